The van der Waals surface area contributed by atoms with Crippen LogP contribution in [0.4, 0.5) is 0 Å². The van der Waals surface area contributed by atoms with E-state index in [4.69, 9.17) is 4.74 Å². The van der Waals surface area contributed by atoms with E-state index in [1.54, 1.807) is 0 Å². The molecule has 0 aromatic heterocycles. The quantitative estimate of drug-likeness (QED) is 0.668. The number of alkyl halides is 1. The van der Waals surface area contributed by atoms with E-state index < -0.39 is 0 Å². The van der Waals surface area contributed by atoms with Crippen LogP contribution in [-0.2, 0) is 5.33 Å². The molecule has 0 unspecified atom stereocenters. The Morgan fingerprint density at radius 3 is 2.32 bits per heavy atom. The van der Waals surface area contributed by atoms with Crippen LogP contribution in [0.2, 0.25) is 0 Å². The summed E-state index contributed by atoms with van der Waals surface area (Å²) >= 11 is 3.53. The van der Waals surface area contributed by atoms with E-state index in [0.717, 1.165) is 16.8 Å². The van der Waals surface area contributed by atoms with E-state index in [1.165, 1.54) is 27.8 Å². The van der Waals surface area contributed by atoms with Crippen molar-refractivity contribution in [2.75, 3.05) is 0 Å². The number of ether oxygens (including phenoxy) is 1. The van der Waals surface area contributed by atoms with Gasteiger partial charge in [-0.15, -0.1) is 0 Å². The molecule has 0 heterocycles. The summed E-state index contributed by atoms with van der Waals surface area (Å²) in [5.41, 5.74) is 6.07. The van der Waals surface area contributed by atoms with Crippen molar-refractivity contribution in [3.05, 3.63) is 58.1 Å². The molecular weight excluding hydrogens is 300 g/mol. The summed E-state index contributed by atoms with van der Waals surface area (Å²) in [7, 11) is 0. The van der Waals surface area contributed by atoms with Gasteiger partial charge in [0.1, 0.15) is 11.5 Å². The van der Waals surface area contributed by atoms with Gasteiger partial charge in [-0.3, -0.25) is 0 Å². The second-order valence-corrected chi connectivity index (χ2v) is 5.56. The first-order valence-corrected chi connectivity index (χ1v) is 7.55. The van der Waals surface area contributed by atoms with Crippen LogP contribution in [0.5, 0.6) is 11.5 Å². The Morgan fingerprint density at radius 1 is 0.947 bits per heavy atom. The number of hydrogen-bond acceptors (Lipinski definition) is 1. The largest absolute Gasteiger partial charge is 0.456 e. The van der Waals surface area contributed by atoms with Crippen molar-refractivity contribution in [3.8, 4) is 11.5 Å². The Balaban J connectivity index is 2.44. The molecule has 0 aliphatic carbocycles. The van der Waals surface area contributed by atoms with Crippen molar-refractivity contribution in [2.24, 2.45) is 0 Å². The predicted molar refractivity (Wildman–Crippen MR) is 84.5 cm³/mol. The van der Waals surface area contributed by atoms with Gasteiger partial charge in [0.05, 0.1) is 0 Å². The van der Waals surface area contributed by atoms with E-state index in [1.807, 2.05) is 6.07 Å². The second kappa shape index (κ2) is 5.79. The average molecular weight is 319 g/mol. The first kappa shape index (κ1) is 14.1. The average Bonchev–Trinajstić information content (AvgIpc) is 2.40. The highest BCUT2D eigenvalue weighted by atomic mass is 79.9. The summed E-state index contributed by atoms with van der Waals surface area (Å²) in [4.78, 5) is 0. The fraction of sp³-hybridized carbons (Fsp3) is 0.294. The zero-order valence-corrected chi connectivity index (χ0v) is 13.5. The summed E-state index contributed by atoms with van der Waals surface area (Å²) in [6.45, 7) is 8.41. The van der Waals surface area contributed by atoms with Crippen LogP contribution < -0.4 is 4.74 Å². The van der Waals surface area contributed by atoms with Gasteiger partial charge in [-0.25, -0.2) is 0 Å². The lowest BCUT2D eigenvalue weighted by atomic mass is 10.1. The normalized spacial score (nSPS) is 10.6. The third kappa shape index (κ3) is 3.01. The van der Waals surface area contributed by atoms with Gasteiger partial charge in [-0.05, 0) is 50.5 Å². The highest BCUT2D eigenvalue weighted by Crippen LogP contribution is 2.33. The molecule has 0 spiro atoms. The Hall–Kier alpha value is -1.28. The summed E-state index contributed by atoms with van der Waals surface area (Å²) in [5.74, 6) is 1.91. The topological polar surface area (TPSA) is 9.23 Å². The molecule has 0 fully saturated rings. The van der Waals surface area contributed by atoms with E-state index in [0.29, 0.717) is 0 Å². The molecule has 19 heavy (non-hydrogen) atoms. The van der Waals surface area contributed by atoms with Crippen LogP contribution in [0.1, 0.15) is 27.8 Å². The molecular formula is C17H19BrO. The molecule has 0 aliphatic heterocycles. The summed E-state index contributed by atoms with van der Waals surface area (Å²) in [5, 5.41) is 0.800. The van der Waals surface area contributed by atoms with Crippen LogP contribution in [0.15, 0.2) is 30.3 Å². The SMILES string of the molecule is Cc1ccc(Oc2c(C)ccc(C)c2C)c(CBr)c1. The van der Waals surface area contributed by atoms with Crippen LogP contribution in [0, 0.1) is 27.7 Å². The van der Waals surface area contributed by atoms with Crippen molar-refractivity contribution in [2.45, 2.75) is 33.0 Å². The molecule has 0 amide bonds. The van der Waals surface area contributed by atoms with Crippen LogP contribution >= 0.6 is 15.9 Å². The zero-order valence-electron chi connectivity index (χ0n) is 11.9. The summed E-state index contributed by atoms with van der Waals surface area (Å²) in [6, 6.07) is 10.5. The Kier molecular flexibility index (Phi) is 4.31. The van der Waals surface area contributed by atoms with E-state index in [2.05, 4.69) is 67.9 Å². The molecule has 0 aliphatic rings. The fourth-order valence-electron chi connectivity index (χ4n) is 2.10. The molecule has 0 saturated heterocycles. The first-order chi connectivity index (χ1) is 9.02. The van der Waals surface area contributed by atoms with Crippen LogP contribution in [-0.4, -0.2) is 0 Å². The van der Waals surface area contributed by atoms with Gasteiger partial charge in [-0.2, -0.15) is 0 Å². The van der Waals surface area contributed by atoms with E-state index in [-0.39, 0.29) is 0 Å². The second-order valence-electron chi connectivity index (χ2n) is 5.00. The maximum absolute atomic E-state index is 6.17. The van der Waals surface area contributed by atoms with Gasteiger partial charge >= 0.3 is 0 Å². The molecule has 0 atom stereocenters. The lowest BCUT2D eigenvalue weighted by molar-refractivity contribution is 0.470. The molecule has 2 rings (SSSR count). The lowest BCUT2D eigenvalue weighted by Crippen LogP contribution is -1.96. The van der Waals surface area contributed by atoms with Crippen molar-refractivity contribution < 1.29 is 4.74 Å². The maximum atomic E-state index is 6.17. The van der Waals surface area contributed by atoms with Gasteiger partial charge in [0.15, 0.2) is 0 Å². The fourth-order valence-corrected chi connectivity index (χ4v) is 2.54. The molecule has 2 aromatic carbocycles. The lowest BCUT2D eigenvalue weighted by Gasteiger charge is -2.16. The standard InChI is InChI=1S/C17H19BrO/c1-11-5-8-16(15(9-11)10-18)19-17-13(3)7-6-12(2)14(17)4/h5-9H,10H2,1-4H3. The minimum absolute atomic E-state index is 0.800. The third-order valence-corrected chi connectivity index (χ3v) is 4.05. The van der Waals surface area contributed by atoms with Gasteiger partial charge in [0, 0.05) is 10.9 Å². The Morgan fingerprint density at radius 2 is 1.63 bits per heavy atom. The monoisotopic (exact) mass is 318 g/mol. The Labute approximate surface area is 123 Å². The highest BCUT2D eigenvalue weighted by Gasteiger charge is 2.10. The van der Waals surface area contributed by atoms with Crippen molar-refractivity contribution in [1.82, 2.24) is 0 Å². The molecule has 0 bridgehead atoms. The molecule has 0 N–H and O–H groups in total. The van der Waals surface area contributed by atoms with Crippen molar-refractivity contribution in [1.29, 1.82) is 0 Å². The van der Waals surface area contributed by atoms with E-state index >= 15 is 0 Å². The zero-order chi connectivity index (χ0) is 14.0. The number of rotatable bonds is 3. The summed E-state index contributed by atoms with van der Waals surface area (Å²) in [6.07, 6.45) is 0. The number of hydrogen-bond donors (Lipinski definition) is 0. The molecule has 100 valence electrons. The number of aryl methyl sites for hydroxylation is 3. The van der Waals surface area contributed by atoms with Gasteiger partial charge < -0.3 is 4.74 Å². The minimum atomic E-state index is 0.800. The molecule has 2 aromatic rings. The minimum Gasteiger partial charge on any atom is -0.456 e. The van der Waals surface area contributed by atoms with Gasteiger partial charge in [0.25, 0.3) is 0 Å². The highest BCUT2D eigenvalue weighted by molar-refractivity contribution is 9.08. The maximum Gasteiger partial charge on any atom is 0.133 e. The predicted octanol–water partition coefficient (Wildman–Crippen LogP) is 5.61. The summed E-state index contributed by atoms with van der Waals surface area (Å²) < 4.78 is 6.17. The number of halogens is 1. The van der Waals surface area contributed by atoms with E-state index in [9.17, 15) is 0 Å². The molecule has 0 radical (unpaired) electrons. The molecule has 2 heteroatoms. The number of benzene rings is 2. The first-order valence-electron chi connectivity index (χ1n) is 6.43. The van der Waals surface area contributed by atoms with Crippen molar-refractivity contribution in [3.63, 3.8) is 0 Å². The van der Waals surface area contributed by atoms with Crippen LogP contribution in [0.3, 0.4) is 0 Å². The van der Waals surface area contributed by atoms with Crippen molar-refractivity contribution >= 4 is 15.9 Å². The molecule has 0 saturated carbocycles. The van der Waals surface area contributed by atoms with Crippen LogP contribution in [0.25, 0.3) is 0 Å². The van der Waals surface area contributed by atoms with Gasteiger partial charge in [0.2, 0.25) is 0 Å². The Bertz CT molecular complexity index is 602. The van der Waals surface area contributed by atoms with Gasteiger partial charge in [-0.1, -0.05) is 45.8 Å². The third-order valence-electron chi connectivity index (χ3n) is 3.45. The smallest absolute Gasteiger partial charge is 0.133 e. The molecule has 1 nitrogen and oxygen atoms in total.